The second-order valence-corrected chi connectivity index (χ2v) is 9.40. The van der Waals surface area contributed by atoms with Gasteiger partial charge in [0.2, 0.25) is 0 Å². The number of hydrogen-bond acceptors (Lipinski definition) is 2. The van der Waals surface area contributed by atoms with E-state index in [1.165, 1.54) is 30.2 Å². The minimum Gasteiger partial charge on any atom is -0.0877 e. The fourth-order valence-corrected chi connectivity index (χ4v) is 7.12. The van der Waals surface area contributed by atoms with E-state index in [2.05, 4.69) is 79.5 Å². The van der Waals surface area contributed by atoms with E-state index in [0.29, 0.717) is 0 Å². The quantitative estimate of drug-likeness (QED) is 0.451. The van der Waals surface area contributed by atoms with Gasteiger partial charge in [0, 0.05) is 19.6 Å². The van der Waals surface area contributed by atoms with Gasteiger partial charge < -0.3 is 0 Å². The van der Waals surface area contributed by atoms with Crippen LogP contribution in [0.15, 0.2) is 92.4 Å². The van der Waals surface area contributed by atoms with Gasteiger partial charge in [0.1, 0.15) is 0 Å². The van der Waals surface area contributed by atoms with Gasteiger partial charge in [-0.15, -0.1) is 0 Å². The molecule has 0 fully saturated rings. The van der Waals surface area contributed by atoms with Crippen molar-refractivity contribution in [1.82, 2.24) is 0 Å². The summed E-state index contributed by atoms with van der Waals surface area (Å²) < 4.78 is 0. The first-order chi connectivity index (χ1) is 10.8. The Bertz CT molecular complexity index is 815. The van der Waals surface area contributed by atoms with Gasteiger partial charge >= 0.3 is 0 Å². The zero-order valence-electron chi connectivity index (χ0n) is 12.2. The predicted octanol–water partition coefficient (Wildman–Crippen LogP) is 5.36. The van der Waals surface area contributed by atoms with Crippen LogP contribution in [0.5, 0.6) is 0 Å². The summed E-state index contributed by atoms with van der Waals surface area (Å²) in [5, 5.41) is 2.93. The lowest BCUT2D eigenvalue weighted by atomic mass is 10.3. The molecule has 0 spiro atoms. The molecule has 0 amide bonds. The van der Waals surface area contributed by atoms with Gasteiger partial charge in [-0.3, -0.25) is 0 Å². The van der Waals surface area contributed by atoms with Crippen LogP contribution in [-0.4, -0.2) is 6.66 Å². The molecule has 0 radical (unpaired) electrons. The summed E-state index contributed by atoms with van der Waals surface area (Å²) in [7, 11) is -0.309. The Morgan fingerprint density at radius 2 is 1.27 bits per heavy atom. The Balaban J connectivity index is 1.78. The van der Waals surface area contributed by atoms with Crippen molar-refractivity contribution >= 4 is 42.1 Å². The first kappa shape index (κ1) is 14.4. The Labute approximate surface area is 141 Å². The molecular weight excluding hydrogens is 323 g/mol. The molecule has 0 aromatic heterocycles. The van der Waals surface area contributed by atoms with Gasteiger partial charge in [-0.05, 0) is 43.4 Å². The molecule has 0 bridgehead atoms. The maximum Gasteiger partial charge on any atom is 0.0342 e. The number of rotatable bonds is 2. The van der Waals surface area contributed by atoms with E-state index in [1.807, 2.05) is 23.5 Å². The average Bonchev–Trinajstić information content (AvgIpc) is 2.59. The van der Waals surface area contributed by atoms with Crippen molar-refractivity contribution in [3.63, 3.8) is 0 Å². The van der Waals surface area contributed by atoms with Gasteiger partial charge in [0.15, 0.2) is 0 Å². The molecule has 3 aromatic carbocycles. The Hall–Kier alpha value is -1.21. The predicted molar refractivity (Wildman–Crippen MR) is 99.7 cm³/mol. The second kappa shape index (κ2) is 6.12. The Morgan fingerprint density at radius 3 is 2.05 bits per heavy atom. The fourth-order valence-electron chi connectivity index (χ4n) is 2.59. The normalized spacial score (nSPS) is 14.0. The van der Waals surface area contributed by atoms with Crippen molar-refractivity contribution < 1.29 is 0 Å². The Kier molecular flexibility index (Phi) is 4.00. The van der Waals surface area contributed by atoms with Crippen molar-refractivity contribution in [2.45, 2.75) is 19.6 Å². The van der Waals surface area contributed by atoms with Crippen LogP contribution in [0.3, 0.4) is 0 Å². The molecule has 4 rings (SSSR count). The molecule has 22 heavy (non-hydrogen) atoms. The lowest BCUT2D eigenvalue weighted by Gasteiger charge is -2.23. The third kappa shape index (κ3) is 2.60. The molecule has 0 aliphatic carbocycles. The molecule has 3 aromatic rings. The molecule has 1 aliphatic heterocycles. The van der Waals surface area contributed by atoms with Crippen molar-refractivity contribution in [3.8, 4) is 0 Å². The van der Waals surface area contributed by atoms with Crippen LogP contribution in [0.4, 0.5) is 0 Å². The van der Waals surface area contributed by atoms with Crippen LogP contribution in [0.2, 0.25) is 0 Å². The standard InChI is InChI=1S/C19H15PS2/c1-20(14-8-3-2-4-9-14)15-10-7-13-18-19(15)22-17-12-6-5-11-16(17)21-18/h2-13H,1H3. The number of fused-ring (bicyclic) bond motifs is 2. The molecule has 0 saturated carbocycles. The number of benzene rings is 3. The molecule has 0 saturated heterocycles. The Morgan fingerprint density at radius 1 is 0.636 bits per heavy atom. The molecule has 1 unspecified atom stereocenters. The highest BCUT2D eigenvalue weighted by Crippen LogP contribution is 2.49. The lowest BCUT2D eigenvalue weighted by molar-refractivity contribution is 1.17. The van der Waals surface area contributed by atoms with E-state index >= 15 is 0 Å². The molecule has 108 valence electrons. The highest BCUT2D eigenvalue weighted by atomic mass is 32.2. The van der Waals surface area contributed by atoms with Crippen molar-refractivity contribution in [3.05, 3.63) is 72.8 Å². The van der Waals surface area contributed by atoms with E-state index in [-0.39, 0.29) is 7.92 Å². The third-order valence-electron chi connectivity index (χ3n) is 3.74. The van der Waals surface area contributed by atoms with Crippen molar-refractivity contribution in [2.75, 3.05) is 6.66 Å². The molecule has 1 atom stereocenters. The zero-order valence-corrected chi connectivity index (χ0v) is 14.7. The fraction of sp³-hybridized carbons (Fsp3) is 0.0526. The topological polar surface area (TPSA) is 0 Å². The smallest absolute Gasteiger partial charge is 0.0342 e. The second-order valence-electron chi connectivity index (χ2n) is 5.15. The van der Waals surface area contributed by atoms with Crippen molar-refractivity contribution in [1.29, 1.82) is 0 Å². The van der Waals surface area contributed by atoms with E-state index in [1.54, 1.807) is 0 Å². The average molecular weight is 338 g/mol. The maximum atomic E-state index is 2.37. The highest BCUT2D eigenvalue weighted by Gasteiger charge is 2.22. The monoisotopic (exact) mass is 338 g/mol. The molecule has 0 N–H and O–H groups in total. The number of hydrogen-bond donors (Lipinski definition) is 0. The SMILES string of the molecule is CP(c1ccccc1)c1cccc2c1Sc1ccccc1S2. The summed E-state index contributed by atoms with van der Waals surface area (Å²) in [5.74, 6) is 0. The minimum atomic E-state index is -0.309. The summed E-state index contributed by atoms with van der Waals surface area (Å²) in [5.41, 5.74) is 0. The van der Waals surface area contributed by atoms with E-state index in [0.717, 1.165) is 0 Å². The molecule has 3 heteroatoms. The lowest BCUT2D eigenvalue weighted by Crippen LogP contribution is -2.14. The van der Waals surface area contributed by atoms with Crippen LogP contribution in [0.25, 0.3) is 0 Å². The highest BCUT2D eigenvalue weighted by molar-refractivity contribution is 8.05. The third-order valence-corrected chi connectivity index (χ3v) is 8.68. The van der Waals surface area contributed by atoms with Crippen LogP contribution in [0.1, 0.15) is 0 Å². The molecule has 1 aliphatic rings. The zero-order chi connectivity index (χ0) is 14.9. The van der Waals surface area contributed by atoms with Gasteiger partial charge in [0.25, 0.3) is 0 Å². The minimum absolute atomic E-state index is 0.309. The summed E-state index contributed by atoms with van der Waals surface area (Å²) in [4.78, 5) is 5.59. The van der Waals surface area contributed by atoms with E-state index in [9.17, 15) is 0 Å². The molecule has 1 heterocycles. The van der Waals surface area contributed by atoms with Gasteiger partial charge in [-0.25, -0.2) is 0 Å². The van der Waals surface area contributed by atoms with Crippen LogP contribution >= 0.6 is 31.4 Å². The van der Waals surface area contributed by atoms with E-state index < -0.39 is 0 Å². The van der Waals surface area contributed by atoms with E-state index in [4.69, 9.17) is 0 Å². The van der Waals surface area contributed by atoms with Crippen LogP contribution < -0.4 is 10.6 Å². The summed E-state index contributed by atoms with van der Waals surface area (Å²) in [6.07, 6.45) is 0. The summed E-state index contributed by atoms with van der Waals surface area (Å²) in [6.45, 7) is 2.37. The van der Waals surface area contributed by atoms with Crippen LogP contribution in [-0.2, 0) is 0 Å². The molecular formula is C19H15PS2. The van der Waals surface area contributed by atoms with Gasteiger partial charge in [-0.2, -0.15) is 0 Å². The first-order valence-electron chi connectivity index (χ1n) is 7.19. The summed E-state index contributed by atoms with van der Waals surface area (Å²) >= 11 is 3.83. The first-order valence-corrected chi connectivity index (χ1v) is 10.6. The largest absolute Gasteiger partial charge is 0.0877 e. The van der Waals surface area contributed by atoms with Gasteiger partial charge in [0.05, 0.1) is 0 Å². The summed E-state index contributed by atoms with van der Waals surface area (Å²) in [6, 6.07) is 26.3. The van der Waals surface area contributed by atoms with Gasteiger partial charge in [-0.1, -0.05) is 78.1 Å². The van der Waals surface area contributed by atoms with Crippen molar-refractivity contribution in [2.24, 2.45) is 0 Å². The van der Waals surface area contributed by atoms with Crippen LogP contribution in [0, 0.1) is 0 Å². The maximum absolute atomic E-state index is 2.37. The molecule has 0 nitrogen and oxygen atoms in total.